The molecule has 4 nitrogen and oxygen atoms in total. The van der Waals surface area contributed by atoms with Crippen molar-refractivity contribution in [3.8, 4) is 0 Å². The summed E-state index contributed by atoms with van der Waals surface area (Å²) in [6.45, 7) is 3.98. The molecule has 1 aromatic rings. The van der Waals surface area contributed by atoms with Crippen molar-refractivity contribution in [2.24, 2.45) is 5.41 Å². The van der Waals surface area contributed by atoms with E-state index in [-0.39, 0.29) is 5.56 Å². The normalized spacial score (nSPS) is 22.5. The number of hydrogen-bond acceptors (Lipinski definition) is 3. The van der Waals surface area contributed by atoms with Crippen molar-refractivity contribution in [1.29, 1.82) is 0 Å². The summed E-state index contributed by atoms with van der Waals surface area (Å²) < 4.78 is 0. The maximum absolute atomic E-state index is 11.5. The predicted molar refractivity (Wildman–Crippen MR) is 67.3 cm³/mol. The molecule has 2 fully saturated rings. The monoisotopic (exact) mass is 233 g/mol. The van der Waals surface area contributed by atoms with Gasteiger partial charge in [-0.3, -0.25) is 4.79 Å². The van der Waals surface area contributed by atoms with Crippen LogP contribution in [0.25, 0.3) is 0 Å². The summed E-state index contributed by atoms with van der Waals surface area (Å²) in [5.41, 5.74) is 0.484. The number of hydrogen-bond donors (Lipinski definition) is 1. The first kappa shape index (κ1) is 10.8. The molecule has 2 heterocycles. The summed E-state index contributed by atoms with van der Waals surface area (Å²) in [5, 5.41) is 0. The molecule has 1 aliphatic carbocycles. The Balaban J connectivity index is 1.84. The second-order valence-corrected chi connectivity index (χ2v) is 5.57. The maximum Gasteiger partial charge on any atom is 0.252 e. The van der Waals surface area contributed by atoms with E-state index < -0.39 is 0 Å². The molecule has 2 aliphatic rings. The molecule has 0 atom stereocenters. The summed E-state index contributed by atoms with van der Waals surface area (Å²) in [7, 11) is 0. The molecule has 1 saturated carbocycles. The number of anilines is 1. The molecule has 0 unspecified atom stereocenters. The standard InChI is InChI=1S/C13H19N3O/c1-10-14-11(8-12(17)15-10)16-7-6-13(9-16)4-2-3-5-13/h8H,2-7,9H2,1H3,(H,14,15,17). The van der Waals surface area contributed by atoms with Gasteiger partial charge in [0.25, 0.3) is 5.56 Å². The molecule has 17 heavy (non-hydrogen) atoms. The highest BCUT2D eigenvalue weighted by Crippen LogP contribution is 2.45. The molecule has 3 rings (SSSR count). The SMILES string of the molecule is Cc1nc(N2CCC3(CCCC3)C2)cc(=O)[nH]1. The molecule has 1 N–H and O–H groups in total. The smallest absolute Gasteiger partial charge is 0.252 e. The topological polar surface area (TPSA) is 49.0 Å². The van der Waals surface area contributed by atoms with E-state index in [1.807, 2.05) is 6.92 Å². The molecule has 4 heteroatoms. The van der Waals surface area contributed by atoms with Crippen LogP contribution in [0.15, 0.2) is 10.9 Å². The lowest BCUT2D eigenvalue weighted by Gasteiger charge is -2.23. The Morgan fingerprint density at radius 3 is 2.82 bits per heavy atom. The van der Waals surface area contributed by atoms with Crippen molar-refractivity contribution in [2.75, 3.05) is 18.0 Å². The van der Waals surface area contributed by atoms with E-state index in [9.17, 15) is 4.79 Å². The molecule has 0 aromatic carbocycles. The summed E-state index contributed by atoms with van der Waals surface area (Å²) in [6.07, 6.45) is 6.71. The number of aromatic nitrogens is 2. The van der Waals surface area contributed by atoms with Crippen molar-refractivity contribution < 1.29 is 0 Å². The van der Waals surface area contributed by atoms with Crippen LogP contribution in [-0.4, -0.2) is 23.1 Å². The third kappa shape index (κ3) is 1.96. The minimum Gasteiger partial charge on any atom is -0.356 e. The number of H-pyrrole nitrogens is 1. The first-order valence-electron chi connectivity index (χ1n) is 6.50. The van der Waals surface area contributed by atoms with Gasteiger partial charge in [-0.1, -0.05) is 12.8 Å². The highest BCUT2D eigenvalue weighted by molar-refractivity contribution is 5.39. The van der Waals surface area contributed by atoms with Gasteiger partial charge in [-0.2, -0.15) is 0 Å². The summed E-state index contributed by atoms with van der Waals surface area (Å²) >= 11 is 0. The first-order chi connectivity index (χ1) is 8.17. The van der Waals surface area contributed by atoms with Gasteiger partial charge in [-0.05, 0) is 31.6 Å². The highest BCUT2D eigenvalue weighted by Gasteiger charge is 2.40. The van der Waals surface area contributed by atoms with Crippen molar-refractivity contribution in [3.05, 3.63) is 22.2 Å². The van der Waals surface area contributed by atoms with E-state index in [1.165, 1.54) is 32.1 Å². The summed E-state index contributed by atoms with van der Waals surface area (Å²) in [5.74, 6) is 1.56. The van der Waals surface area contributed by atoms with Gasteiger partial charge in [0.05, 0.1) is 0 Å². The fraction of sp³-hybridized carbons (Fsp3) is 0.692. The maximum atomic E-state index is 11.5. The molecule has 1 aromatic heterocycles. The van der Waals surface area contributed by atoms with Crippen LogP contribution in [0.4, 0.5) is 5.82 Å². The van der Waals surface area contributed by atoms with Gasteiger partial charge in [-0.15, -0.1) is 0 Å². The Morgan fingerprint density at radius 2 is 2.12 bits per heavy atom. The van der Waals surface area contributed by atoms with E-state index in [0.29, 0.717) is 11.2 Å². The zero-order valence-corrected chi connectivity index (χ0v) is 10.3. The molecular weight excluding hydrogens is 214 g/mol. The molecule has 1 spiro atoms. The molecule has 1 saturated heterocycles. The van der Waals surface area contributed by atoms with Crippen LogP contribution in [0.5, 0.6) is 0 Å². The lowest BCUT2D eigenvalue weighted by molar-refractivity contribution is 0.340. The van der Waals surface area contributed by atoms with Gasteiger partial charge in [0.2, 0.25) is 0 Å². The van der Waals surface area contributed by atoms with Crippen molar-refractivity contribution in [2.45, 2.75) is 39.0 Å². The van der Waals surface area contributed by atoms with Crippen LogP contribution in [0.3, 0.4) is 0 Å². The molecule has 92 valence electrons. The Hall–Kier alpha value is -1.32. The average Bonchev–Trinajstić information content (AvgIpc) is 2.88. The van der Waals surface area contributed by atoms with Crippen LogP contribution in [0, 0.1) is 12.3 Å². The van der Waals surface area contributed by atoms with Crippen molar-refractivity contribution >= 4 is 5.82 Å². The highest BCUT2D eigenvalue weighted by atomic mass is 16.1. The third-order valence-electron chi connectivity index (χ3n) is 4.27. The van der Waals surface area contributed by atoms with E-state index in [2.05, 4.69) is 14.9 Å². The summed E-state index contributed by atoms with van der Waals surface area (Å²) in [4.78, 5) is 20.9. The molecule has 0 bridgehead atoms. The fourth-order valence-corrected chi connectivity index (χ4v) is 3.39. The van der Waals surface area contributed by atoms with Gasteiger partial charge in [0.1, 0.15) is 11.6 Å². The van der Waals surface area contributed by atoms with Crippen LogP contribution < -0.4 is 10.5 Å². The Labute approximate surface area is 101 Å². The van der Waals surface area contributed by atoms with Gasteiger partial charge < -0.3 is 9.88 Å². The minimum atomic E-state index is -0.0418. The Kier molecular flexibility index (Phi) is 2.45. The van der Waals surface area contributed by atoms with Gasteiger partial charge in [0, 0.05) is 19.2 Å². The second kappa shape index (κ2) is 3.86. The Bertz CT molecular complexity index is 474. The summed E-state index contributed by atoms with van der Waals surface area (Å²) in [6, 6.07) is 1.63. The van der Waals surface area contributed by atoms with Crippen molar-refractivity contribution in [3.63, 3.8) is 0 Å². The van der Waals surface area contributed by atoms with E-state index >= 15 is 0 Å². The predicted octanol–water partition coefficient (Wildman–Crippen LogP) is 1.85. The quantitative estimate of drug-likeness (QED) is 0.805. The number of aryl methyl sites for hydroxylation is 1. The van der Waals surface area contributed by atoms with Gasteiger partial charge in [0.15, 0.2) is 0 Å². The number of aromatic amines is 1. The largest absolute Gasteiger partial charge is 0.356 e. The molecular formula is C13H19N3O. The van der Waals surface area contributed by atoms with E-state index in [1.54, 1.807) is 6.07 Å². The van der Waals surface area contributed by atoms with Crippen molar-refractivity contribution in [1.82, 2.24) is 9.97 Å². The van der Waals surface area contributed by atoms with Gasteiger partial charge >= 0.3 is 0 Å². The third-order valence-corrected chi connectivity index (χ3v) is 4.27. The minimum absolute atomic E-state index is 0.0418. The molecule has 0 amide bonds. The molecule has 0 radical (unpaired) electrons. The average molecular weight is 233 g/mol. The molecule has 1 aliphatic heterocycles. The van der Waals surface area contributed by atoms with Crippen LogP contribution in [-0.2, 0) is 0 Å². The number of rotatable bonds is 1. The fourth-order valence-electron chi connectivity index (χ4n) is 3.39. The second-order valence-electron chi connectivity index (χ2n) is 5.57. The van der Waals surface area contributed by atoms with Crippen LogP contribution in [0.1, 0.15) is 37.9 Å². The zero-order chi connectivity index (χ0) is 11.9. The first-order valence-corrected chi connectivity index (χ1v) is 6.50. The lowest BCUT2D eigenvalue weighted by Crippen LogP contribution is -2.27. The van der Waals surface area contributed by atoms with Crippen LogP contribution >= 0.6 is 0 Å². The Morgan fingerprint density at radius 1 is 1.35 bits per heavy atom. The van der Waals surface area contributed by atoms with E-state index in [4.69, 9.17) is 0 Å². The zero-order valence-electron chi connectivity index (χ0n) is 10.3. The van der Waals surface area contributed by atoms with Gasteiger partial charge in [-0.25, -0.2) is 4.98 Å². The number of nitrogens with one attached hydrogen (secondary N) is 1. The van der Waals surface area contributed by atoms with Crippen LogP contribution in [0.2, 0.25) is 0 Å². The van der Waals surface area contributed by atoms with E-state index in [0.717, 1.165) is 18.9 Å². The lowest BCUT2D eigenvalue weighted by atomic mass is 9.86. The number of nitrogens with zero attached hydrogens (tertiary/aromatic N) is 2.